The quantitative estimate of drug-likeness (QED) is 0.292. The van der Waals surface area contributed by atoms with E-state index >= 15 is 0 Å². The molecule has 116 valence electrons. The summed E-state index contributed by atoms with van der Waals surface area (Å²) in [5, 5.41) is 22.9. The van der Waals surface area contributed by atoms with Crippen LogP contribution < -0.4 is 17.2 Å². The molecule has 8 N–H and O–H groups in total. The van der Waals surface area contributed by atoms with E-state index in [1.165, 1.54) is 35.2 Å². The summed E-state index contributed by atoms with van der Waals surface area (Å²) in [7, 11) is 0. The van der Waals surface area contributed by atoms with Crippen LogP contribution in [0, 0.1) is 0 Å². The Balaban J connectivity index is 2.61. The predicted molar refractivity (Wildman–Crippen MR) is 83.3 cm³/mol. The zero-order valence-corrected chi connectivity index (χ0v) is 11.7. The number of phenols is 1. The number of carbonyl (C=O) groups is 1. The minimum Gasteiger partial charge on any atom is -0.507 e. The second-order valence-electron chi connectivity index (χ2n) is 4.64. The highest BCUT2D eigenvalue weighted by Gasteiger charge is 2.18. The van der Waals surface area contributed by atoms with Gasteiger partial charge in [-0.2, -0.15) is 5.10 Å². The van der Waals surface area contributed by atoms with E-state index in [9.17, 15) is 9.90 Å². The van der Waals surface area contributed by atoms with E-state index in [2.05, 4.69) is 5.10 Å². The summed E-state index contributed by atoms with van der Waals surface area (Å²) in [6, 6.07) is 4.44. The number of aromatic nitrogens is 2. The second-order valence-corrected chi connectivity index (χ2v) is 4.64. The number of carbonyl (C=O) groups excluding carboxylic acids is 1. The molecule has 1 heterocycles. The molecule has 0 unspecified atom stereocenters. The van der Waals surface area contributed by atoms with E-state index in [1.807, 2.05) is 0 Å². The van der Waals surface area contributed by atoms with Crippen LogP contribution in [0.4, 0.5) is 11.4 Å². The van der Waals surface area contributed by atoms with Crippen LogP contribution >= 0.6 is 0 Å². The smallest absolute Gasteiger partial charge is 0.250 e. The Morgan fingerprint density at radius 1 is 1.36 bits per heavy atom. The molecule has 0 bridgehead atoms. The number of nitrogens with two attached hydrogens (primary N) is 3. The van der Waals surface area contributed by atoms with Crippen LogP contribution in [0.25, 0.3) is 11.6 Å². The number of amides is 1. The van der Waals surface area contributed by atoms with Gasteiger partial charge in [0.1, 0.15) is 5.75 Å². The van der Waals surface area contributed by atoms with Gasteiger partial charge in [0.05, 0.1) is 36.3 Å². The fourth-order valence-electron chi connectivity index (χ4n) is 2.06. The van der Waals surface area contributed by atoms with Gasteiger partial charge in [0.15, 0.2) is 0 Å². The van der Waals surface area contributed by atoms with Gasteiger partial charge in [-0.15, -0.1) is 0 Å². The van der Waals surface area contributed by atoms with E-state index in [4.69, 9.17) is 22.3 Å². The molecule has 0 aliphatic carbocycles. The maximum atomic E-state index is 11.8. The topological polar surface area (TPSA) is 153 Å². The fraction of sp³-hybridized carbons (Fsp3) is 0.143. The minimum absolute atomic E-state index is 0.0558. The Morgan fingerprint density at radius 2 is 2.09 bits per heavy atom. The van der Waals surface area contributed by atoms with Gasteiger partial charge in [-0.1, -0.05) is 0 Å². The number of rotatable bonds is 5. The van der Waals surface area contributed by atoms with Gasteiger partial charge in [0.2, 0.25) is 0 Å². The molecule has 8 nitrogen and oxygen atoms in total. The van der Waals surface area contributed by atoms with Gasteiger partial charge in [-0.3, -0.25) is 9.48 Å². The number of primary amides is 1. The normalized spacial score (nSPS) is 11.6. The molecule has 1 aromatic heterocycles. The summed E-state index contributed by atoms with van der Waals surface area (Å²) < 4.78 is 1.37. The summed E-state index contributed by atoms with van der Waals surface area (Å²) in [6.07, 6.45) is 2.75. The van der Waals surface area contributed by atoms with Gasteiger partial charge in [0, 0.05) is 11.3 Å². The zero-order chi connectivity index (χ0) is 16.3. The van der Waals surface area contributed by atoms with E-state index in [-0.39, 0.29) is 35.9 Å². The van der Waals surface area contributed by atoms with Crippen molar-refractivity contribution in [1.29, 1.82) is 0 Å². The number of aliphatic hydroxyl groups is 1. The number of nitrogens with zero attached hydrogens (tertiary/aromatic N) is 2. The Hall–Kier alpha value is -3.00. The monoisotopic (exact) mass is 303 g/mol. The van der Waals surface area contributed by atoms with Crippen molar-refractivity contribution in [1.82, 2.24) is 9.78 Å². The number of benzene rings is 1. The van der Waals surface area contributed by atoms with Crippen LogP contribution in [0.1, 0.15) is 11.3 Å². The van der Waals surface area contributed by atoms with E-state index in [1.54, 1.807) is 0 Å². The van der Waals surface area contributed by atoms with Crippen molar-refractivity contribution in [2.24, 2.45) is 5.73 Å². The Bertz CT molecular complexity index is 736. The largest absolute Gasteiger partial charge is 0.507 e. The van der Waals surface area contributed by atoms with Crippen LogP contribution in [-0.2, 0) is 11.3 Å². The van der Waals surface area contributed by atoms with Crippen molar-refractivity contribution in [3.63, 3.8) is 0 Å². The molecule has 2 rings (SSSR count). The molecule has 2 aromatic rings. The second kappa shape index (κ2) is 6.19. The molecule has 0 saturated carbocycles. The fourth-order valence-corrected chi connectivity index (χ4v) is 2.06. The average Bonchev–Trinajstić information content (AvgIpc) is 2.81. The van der Waals surface area contributed by atoms with Gasteiger partial charge in [0.25, 0.3) is 5.91 Å². The van der Waals surface area contributed by atoms with Crippen LogP contribution in [0.2, 0.25) is 0 Å². The summed E-state index contributed by atoms with van der Waals surface area (Å²) in [5.41, 5.74) is 18.2. The molecule has 0 radical (unpaired) electrons. The lowest BCUT2D eigenvalue weighted by molar-refractivity contribution is -0.112. The number of hydrogen-bond acceptors (Lipinski definition) is 6. The summed E-state index contributed by atoms with van der Waals surface area (Å²) in [6.45, 7) is -0.0240. The lowest BCUT2D eigenvalue weighted by Gasteiger charge is -2.10. The molecule has 1 aromatic carbocycles. The predicted octanol–water partition coefficient (Wildman–Crippen LogP) is -0.229. The van der Waals surface area contributed by atoms with Gasteiger partial charge in [-0.25, -0.2) is 0 Å². The average molecular weight is 303 g/mol. The first-order valence-corrected chi connectivity index (χ1v) is 6.46. The highest BCUT2D eigenvalue weighted by Crippen LogP contribution is 2.28. The number of phenolic OH excluding ortho intramolecular Hbond substituents is 1. The number of hydrogen-bond donors (Lipinski definition) is 5. The van der Waals surface area contributed by atoms with Crippen LogP contribution in [0.15, 0.2) is 24.4 Å². The third kappa shape index (κ3) is 3.01. The van der Waals surface area contributed by atoms with Crippen molar-refractivity contribution in [3.8, 4) is 5.75 Å². The SMILES string of the molecule is NC(=O)C(=Cc1cc(N)ccc1O)c1c(N)cnn1CCO. The Kier molecular flexibility index (Phi) is 4.33. The lowest BCUT2D eigenvalue weighted by atomic mass is 10.0. The third-order valence-electron chi connectivity index (χ3n) is 3.05. The van der Waals surface area contributed by atoms with E-state index < -0.39 is 5.91 Å². The highest BCUT2D eigenvalue weighted by atomic mass is 16.3. The molecule has 1 amide bonds. The molecule has 0 spiro atoms. The molecule has 0 atom stereocenters. The molecule has 0 saturated heterocycles. The third-order valence-corrected chi connectivity index (χ3v) is 3.05. The van der Waals surface area contributed by atoms with Gasteiger partial charge in [-0.05, 0) is 24.3 Å². The molecule has 0 aliphatic rings. The van der Waals surface area contributed by atoms with Crippen molar-refractivity contribution >= 4 is 28.9 Å². The summed E-state index contributed by atoms with van der Waals surface area (Å²) in [4.78, 5) is 11.8. The van der Waals surface area contributed by atoms with Crippen LogP contribution in [0.5, 0.6) is 5.75 Å². The van der Waals surface area contributed by atoms with Gasteiger partial charge < -0.3 is 27.4 Å². The number of anilines is 2. The molecule has 0 fully saturated rings. The van der Waals surface area contributed by atoms with Crippen molar-refractivity contribution in [3.05, 3.63) is 35.7 Å². The molecule has 0 aliphatic heterocycles. The number of aliphatic hydroxyl groups excluding tert-OH is 1. The first-order chi connectivity index (χ1) is 10.4. The standard InChI is InChI=1S/C14H17N5O3/c15-9-1-2-12(21)8(5-9)6-10(14(17)22)13-11(16)7-18-19(13)3-4-20/h1-2,5-7,20-21H,3-4,15-16H2,(H2,17,22). The first kappa shape index (κ1) is 15.4. The summed E-state index contributed by atoms with van der Waals surface area (Å²) in [5.74, 6) is -0.798. The first-order valence-electron chi connectivity index (χ1n) is 6.46. The van der Waals surface area contributed by atoms with Crippen molar-refractivity contribution in [2.75, 3.05) is 18.1 Å². The molecule has 8 heteroatoms. The van der Waals surface area contributed by atoms with Crippen molar-refractivity contribution < 1.29 is 15.0 Å². The van der Waals surface area contributed by atoms with Gasteiger partial charge >= 0.3 is 0 Å². The molecule has 22 heavy (non-hydrogen) atoms. The van der Waals surface area contributed by atoms with E-state index in [0.29, 0.717) is 11.3 Å². The minimum atomic E-state index is -0.742. The van der Waals surface area contributed by atoms with Crippen LogP contribution in [-0.4, -0.2) is 32.5 Å². The molecular formula is C14H17N5O3. The lowest BCUT2D eigenvalue weighted by Crippen LogP contribution is -2.18. The molecular weight excluding hydrogens is 286 g/mol. The zero-order valence-electron chi connectivity index (χ0n) is 11.7. The van der Waals surface area contributed by atoms with Crippen LogP contribution in [0.3, 0.4) is 0 Å². The van der Waals surface area contributed by atoms with E-state index in [0.717, 1.165) is 0 Å². The number of nitrogen functional groups attached to an aromatic ring is 2. The Morgan fingerprint density at radius 3 is 2.73 bits per heavy atom. The maximum Gasteiger partial charge on any atom is 0.250 e. The summed E-state index contributed by atoms with van der Waals surface area (Å²) >= 11 is 0. The maximum absolute atomic E-state index is 11.8. The van der Waals surface area contributed by atoms with Crippen molar-refractivity contribution in [2.45, 2.75) is 6.54 Å². The highest BCUT2D eigenvalue weighted by molar-refractivity contribution is 6.24. The Labute approximate surface area is 126 Å². The number of aromatic hydroxyl groups is 1.